The SMILES string of the molecule is Cc1cccc(N2CCN(C(=O)CC(C)C3CCNCC3)CC2)c1. The molecule has 1 N–H and O–H groups in total. The maximum absolute atomic E-state index is 12.6. The largest absolute Gasteiger partial charge is 0.368 e. The van der Waals surface area contributed by atoms with E-state index in [0.29, 0.717) is 17.7 Å². The lowest BCUT2D eigenvalue weighted by Crippen LogP contribution is -2.49. The molecule has 4 nitrogen and oxygen atoms in total. The first-order valence-corrected chi connectivity index (χ1v) is 9.43. The highest BCUT2D eigenvalue weighted by Gasteiger charge is 2.26. The Labute approximate surface area is 146 Å². The third kappa shape index (κ3) is 4.29. The van der Waals surface area contributed by atoms with Crippen molar-refractivity contribution in [1.29, 1.82) is 0 Å². The number of carbonyl (C=O) groups is 1. The van der Waals surface area contributed by atoms with E-state index in [1.165, 1.54) is 24.1 Å². The molecule has 1 aromatic carbocycles. The molecule has 2 fully saturated rings. The topological polar surface area (TPSA) is 35.6 Å². The van der Waals surface area contributed by atoms with E-state index in [2.05, 4.69) is 53.2 Å². The number of piperazine rings is 1. The minimum absolute atomic E-state index is 0.352. The molecule has 1 unspecified atom stereocenters. The number of rotatable bonds is 4. The zero-order chi connectivity index (χ0) is 16.9. The lowest BCUT2D eigenvalue weighted by Gasteiger charge is -2.37. The van der Waals surface area contributed by atoms with Crippen molar-refractivity contribution >= 4 is 11.6 Å². The Morgan fingerprint density at radius 2 is 1.92 bits per heavy atom. The van der Waals surface area contributed by atoms with Gasteiger partial charge in [-0.25, -0.2) is 0 Å². The van der Waals surface area contributed by atoms with Crippen molar-refractivity contribution in [2.45, 2.75) is 33.1 Å². The second kappa shape index (κ2) is 8.02. The van der Waals surface area contributed by atoms with Gasteiger partial charge in [0.2, 0.25) is 5.91 Å². The van der Waals surface area contributed by atoms with E-state index in [1.54, 1.807) is 0 Å². The van der Waals surface area contributed by atoms with Crippen molar-refractivity contribution < 1.29 is 4.79 Å². The Balaban J connectivity index is 1.48. The number of amides is 1. The van der Waals surface area contributed by atoms with E-state index in [-0.39, 0.29) is 0 Å². The number of anilines is 1. The standard InChI is InChI=1S/C20H31N3O/c1-16-4-3-5-19(14-16)22-10-12-23(13-11-22)20(24)15-17(2)18-6-8-21-9-7-18/h3-5,14,17-18,21H,6-13,15H2,1-2H3. The van der Waals surface area contributed by atoms with Crippen LogP contribution >= 0.6 is 0 Å². The van der Waals surface area contributed by atoms with Gasteiger partial charge in [-0.2, -0.15) is 0 Å². The fourth-order valence-corrected chi connectivity index (χ4v) is 4.02. The maximum atomic E-state index is 12.6. The van der Waals surface area contributed by atoms with Gasteiger partial charge in [-0.05, 0) is 62.4 Å². The van der Waals surface area contributed by atoms with Crippen molar-refractivity contribution in [3.63, 3.8) is 0 Å². The van der Waals surface area contributed by atoms with E-state index in [1.807, 2.05) is 0 Å². The van der Waals surface area contributed by atoms with Gasteiger partial charge in [-0.15, -0.1) is 0 Å². The smallest absolute Gasteiger partial charge is 0.222 e. The molecule has 0 bridgehead atoms. The van der Waals surface area contributed by atoms with Gasteiger partial charge in [-0.1, -0.05) is 19.1 Å². The predicted molar refractivity (Wildman–Crippen MR) is 99.3 cm³/mol. The zero-order valence-electron chi connectivity index (χ0n) is 15.1. The van der Waals surface area contributed by atoms with Crippen molar-refractivity contribution in [1.82, 2.24) is 10.2 Å². The van der Waals surface area contributed by atoms with Crippen molar-refractivity contribution in [3.8, 4) is 0 Å². The van der Waals surface area contributed by atoms with Gasteiger partial charge in [0.1, 0.15) is 0 Å². The van der Waals surface area contributed by atoms with E-state index < -0.39 is 0 Å². The molecule has 2 aliphatic heterocycles. The van der Waals surface area contributed by atoms with Gasteiger partial charge in [0.15, 0.2) is 0 Å². The van der Waals surface area contributed by atoms with Crippen LogP contribution in [0.2, 0.25) is 0 Å². The summed E-state index contributed by atoms with van der Waals surface area (Å²) in [5.41, 5.74) is 2.58. The van der Waals surface area contributed by atoms with E-state index in [9.17, 15) is 4.79 Å². The Kier molecular flexibility index (Phi) is 5.77. The van der Waals surface area contributed by atoms with Crippen LogP contribution in [0, 0.1) is 18.8 Å². The summed E-state index contributed by atoms with van der Waals surface area (Å²) in [5, 5.41) is 3.41. The number of nitrogens with one attached hydrogen (secondary N) is 1. The summed E-state index contributed by atoms with van der Waals surface area (Å²) in [6.07, 6.45) is 3.15. The second-order valence-electron chi connectivity index (χ2n) is 7.48. The van der Waals surface area contributed by atoms with Crippen LogP contribution in [0.15, 0.2) is 24.3 Å². The highest BCUT2D eigenvalue weighted by Crippen LogP contribution is 2.25. The molecule has 2 aliphatic rings. The summed E-state index contributed by atoms with van der Waals surface area (Å²) in [6, 6.07) is 8.65. The van der Waals surface area contributed by atoms with Crippen LogP contribution in [-0.4, -0.2) is 50.1 Å². The molecule has 0 spiro atoms. The molecular weight excluding hydrogens is 298 g/mol. The molecule has 0 aromatic heterocycles. The average Bonchev–Trinajstić information content (AvgIpc) is 2.62. The van der Waals surface area contributed by atoms with Crippen molar-refractivity contribution in [2.75, 3.05) is 44.2 Å². The molecule has 0 aliphatic carbocycles. The Morgan fingerprint density at radius 3 is 2.58 bits per heavy atom. The highest BCUT2D eigenvalue weighted by molar-refractivity contribution is 5.76. The van der Waals surface area contributed by atoms with Crippen LogP contribution in [0.1, 0.15) is 31.7 Å². The summed E-state index contributed by atoms with van der Waals surface area (Å²) in [7, 11) is 0. The molecule has 1 atom stereocenters. The number of hydrogen-bond acceptors (Lipinski definition) is 3. The minimum Gasteiger partial charge on any atom is -0.368 e. The molecule has 4 heteroatoms. The van der Waals surface area contributed by atoms with Crippen LogP contribution in [0.3, 0.4) is 0 Å². The van der Waals surface area contributed by atoms with Crippen molar-refractivity contribution in [3.05, 3.63) is 29.8 Å². The molecular formula is C20H31N3O. The quantitative estimate of drug-likeness (QED) is 0.922. The minimum atomic E-state index is 0.352. The van der Waals surface area contributed by atoms with Gasteiger partial charge in [0.05, 0.1) is 0 Å². The number of piperidine rings is 1. The second-order valence-corrected chi connectivity index (χ2v) is 7.48. The third-order valence-electron chi connectivity index (χ3n) is 5.68. The number of nitrogens with zero attached hydrogens (tertiary/aromatic N) is 2. The fourth-order valence-electron chi connectivity index (χ4n) is 4.02. The molecule has 1 amide bonds. The highest BCUT2D eigenvalue weighted by atomic mass is 16.2. The van der Waals surface area contributed by atoms with Crippen LogP contribution in [0.5, 0.6) is 0 Å². The normalized spacial score (nSPS) is 20.9. The van der Waals surface area contributed by atoms with E-state index in [0.717, 1.165) is 45.7 Å². The first kappa shape index (κ1) is 17.3. The first-order chi connectivity index (χ1) is 11.6. The predicted octanol–water partition coefficient (Wildman–Crippen LogP) is 2.67. The summed E-state index contributed by atoms with van der Waals surface area (Å²) < 4.78 is 0. The van der Waals surface area contributed by atoms with Gasteiger partial charge >= 0.3 is 0 Å². The van der Waals surface area contributed by atoms with Gasteiger partial charge in [0.25, 0.3) is 0 Å². The number of benzene rings is 1. The number of carbonyl (C=O) groups excluding carboxylic acids is 1. The molecule has 0 radical (unpaired) electrons. The van der Waals surface area contributed by atoms with E-state index >= 15 is 0 Å². The van der Waals surface area contributed by atoms with Crippen LogP contribution < -0.4 is 10.2 Å². The first-order valence-electron chi connectivity index (χ1n) is 9.43. The molecule has 132 valence electrons. The molecule has 2 heterocycles. The summed E-state index contributed by atoms with van der Waals surface area (Å²) in [4.78, 5) is 17.1. The van der Waals surface area contributed by atoms with Crippen LogP contribution in [0.25, 0.3) is 0 Å². The Morgan fingerprint density at radius 1 is 1.21 bits per heavy atom. The third-order valence-corrected chi connectivity index (χ3v) is 5.68. The maximum Gasteiger partial charge on any atom is 0.222 e. The Bertz CT molecular complexity index is 546. The molecule has 1 aromatic rings. The average molecular weight is 329 g/mol. The van der Waals surface area contributed by atoms with Gasteiger partial charge in [-0.3, -0.25) is 4.79 Å². The molecule has 0 saturated carbocycles. The van der Waals surface area contributed by atoms with Gasteiger partial charge in [0, 0.05) is 38.3 Å². The molecule has 24 heavy (non-hydrogen) atoms. The molecule has 2 saturated heterocycles. The van der Waals surface area contributed by atoms with Gasteiger partial charge < -0.3 is 15.1 Å². The van der Waals surface area contributed by atoms with Crippen LogP contribution in [0.4, 0.5) is 5.69 Å². The lowest BCUT2D eigenvalue weighted by atomic mass is 9.84. The lowest BCUT2D eigenvalue weighted by molar-refractivity contribution is -0.132. The summed E-state index contributed by atoms with van der Waals surface area (Å²) in [5.74, 6) is 1.57. The number of hydrogen-bond donors (Lipinski definition) is 1. The fraction of sp³-hybridized carbons (Fsp3) is 0.650. The van der Waals surface area contributed by atoms with Crippen molar-refractivity contribution in [2.24, 2.45) is 11.8 Å². The molecule has 3 rings (SSSR count). The Hall–Kier alpha value is -1.55. The monoisotopic (exact) mass is 329 g/mol. The van der Waals surface area contributed by atoms with E-state index in [4.69, 9.17) is 0 Å². The number of aryl methyl sites for hydroxylation is 1. The van der Waals surface area contributed by atoms with Crippen LogP contribution in [-0.2, 0) is 4.79 Å². The summed E-state index contributed by atoms with van der Waals surface area (Å²) >= 11 is 0. The zero-order valence-corrected chi connectivity index (χ0v) is 15.1. The summed E-state index contributed by atoms with van der Waals surface area (Å²) in [6.45, 7) is 10.2.